The number of phenols is 1. The summed E-state index contributed by atoms with van der Waals surface area (Å²) >= 11 is 0. The van der Waals surface area contributed by atoms with E-state index in [9.17, 15) is 19.8 Å². The number of likely N-dealkylation sites (N-methyl/N-ethyl adjacent to an activating group) is 1. The molecule has 2 aliphatic rings. The van der Waals surface area contributed by atoms with E-state index < -0.39 is 17.7 Å². The lowest BCUT2D eigenvalue weighted by Crippen LogP contribution is -2.38. The van der Waals surface area contributed by atoms with Crippen molar-refractivity contribution in [1.82, 2.24) is 9.80 Å². The Kier molecular flexibility index (Phi) is 6.42. The number of phenolic OH excluding ortho intramolecular Hbond substituents is 1. The first-order valence-electron chi connectivity index (χ1n) is 11.4. The van der Waals surface area contributed by atoms with Crippen LogP contribution in [0.1, 0.15) is 43.5 Å². The zero-order valence-electron chi connectivity index (χ0n) is 19.2. The average molecular weight is 451 g/mol. The molecule has 0 spiro atoms. The van der Waals surface area contributed by atoms with Crippen molar-refractivity contribution in [1.29, 1.82) is 0 Å². The molecule has 0 saturated carbocycles. The minimum atomic E-state index is -0.781. The molecule has 1 amide bonds. The topological polar surface area (TPSA) is 90.3 Å². The molecule has 33 heavy (non-hydrogen) atoms. The molecular formula is C26H30N2O5. The minimum absolute atomic E-state index is 0.0329. The number of hydrogen-bond acceptors (Lipinski definition) is 6. The maximum absolute atomic E-state index is 13.2. The van der Waals surface area contributed by atoms with E-state index in [2.05, 4.69) is 4.90 Å². The van der Waals surface area contributed by atoms with E-state index in [0.717, 1.165) is 24.4 Å². The molecule has 0 aliphatic carbocycles. The van der Waals surface area contributed by atoms with Gasteiger partial charge >= 0.3 is 0 Å². The number of fused-ring (bicyclic) bond motifs is 1. The van der Waals surface area contributed by atoms with E-state index in [1.54, 1.807) is 24.3 Å². The fourth-order valence-corrected chi connectivity index (χ4v) is 4.67. The molecule has 0 bridgehead atoms. The zero-order chi connectivity index (χ0) is 23.7. The van der Waals surface area contributed by atoms with Gasteiger partial charge in [0.2, 0.25) is 0 Å². The first-order valence-corrected chi connectivity index (χ1v) is 11.4. The van der Waals surface area contributed by atoms with Gasteiger partial charge in [0.05, 0.1) is 11.6 Å². The van der Waals surface area contributed by atoms with Crippen molar-refractivity contribution in [3.05, 3.63) is 64.7 Å². The van der Waals surface area contributed by atoms with Crippen LogP contribution in [0.5, 0.6) is 11.5 Å². The van der Waals surface area contributed by atoms with Crippen LogP contribution in [0.2, 0.25) is 0 Å². The van der Waals surface area contributed by atoms with Gasteiger partial charge in [-0.25, -0.2) is 0 Å². The highest BCUT2D eigenvalue weighted by atomic mass is 16.5. The van der Waals surface area contributed by atoms with Crippen molar-refractivity contribution in [2.45, 2.75) is 39.3 Å². The second-order valence-corrected chi connectivity index (χ2v) is 8.57. The largest absolute Gasteiger partial charge is 0.508 e. The Hall–Kier alpha value is -3.32. The number of aromatic hydroxyl groups is 1. The van der Waals surface area contributed by atoms with Crippen LogP contribution in [0.15, 0.2) is 48.0 Å². The van der Waals surface area contributed by atoms with Crippen molar-refractivity contribution >= 4 is 17.4 Å². The lowest BCUT2D eigenvalue weighted by Gasteiger charge is -2.28. The van der Waals surface area contributed by atoms with Gasteiger partial charge in [0.15, 0.2) is 0 Å². The Labute approximate surface area is 193 Å². The molecular weight excluding hydrogens is 420 g/mol. The number of carbonyl (C=O) groups is 2. The summed E-state index contributed by atoms with van der Waals surface area (Å²) in [6, 6.07) is 11.0. The lowest BCUT2D eigenvalue weighted by atomic mass is 9.94. The van der Waals surface area contributed by atoms with Crippen LogP contribution >= 0.6 is 0 Å². The third-order valence-electron chi connectivity index (χ3n) is 6.45. The molecule has 0 aromatic heterocycles. The summed E-state index contributed by atoms with van der Waals surface area (Å²) < 4.78 is 5.74. The molecule has 2 aliphatic heterocycles. The molecule has 2 aromatic rings. The number of ketones is 1. The summed E-state index contributed by atoms with van der Waals surface area (Å²) in [6.45, 7) is 8.65. The highest BCUT2D eigenvalue weighted by molar-refractivity contribution is 6.46. The molecule has 0 unspecified atom stereocenters. The van der Waals surface area contributed by atoms with Gasteiger partial charge in [0.25, 0.3) is 11.7 Å². The van der Waals surface area contributed by atoms with Gasteiger partial charge in [-0.1, -0.05) is 26.0 Å². The summed E-state index contributed by atoms with van der Waals surface area (Å²) in [6.07, 6.45) is 0.764. The summed E-state index contributed by atoms with van der Waals surface area (Å²) in [7, 11) is 0. The van der Waals surface area contributed by atoms with Crippen molar-refractivity contribution in [2.75, 3.05) is 26.2 Å². The Morgan fingerprint density at radius 3 is 2.61 bits per heavy atom. The Balaban J connectivity index is 1.79. The van der Waals surface area contributed by atoms with Crippen LogP contribution in [-0.4, -0.2) is 64.0 Å². The number of aliphatic hydroxyl groups excluding tert-OH is 1. The van der Waals surface area contributed by atoms with Crippen molar-refractivity contribution in [3.8, 4) is 11.5 Å². The Bertz CT molecular complexity index is 1110. The van der Waals surface area contributed by atoms with Crippen molar-refractivity contribution < 1.29 is 24.5 Å². The molecule has 2 aromatic carbocycles. The second kappa shape index (κ2) is 9.27. The first kappa shape index (κ1) is 22.9. The van der Waals surface area contributed by atoms with Gasteiger partial charge in [-0.3, -0.25) is 9.59 Å². The van der Waals surface area contributed by atoms with Crippen molar-refractivity contribution in [3.63, 3.8) is 0 Å². The summed E-state index contributed by atoms with van der Waals surface area (Å²) in [4.78, 5) is 29.9. The van der Waals surface area contributed by atoms with Crippen LogP contribution in [0.25, 0.3) is 5.76 Å². The normalized spacial score (nSPS) is 21.5. The molecule has 2 atom stereocenters. The van der Waals surface area contributed by atoms with Gasteiger partial charge in [-0.15, -0.1) is 0 Å². The Morgan fingerprint density at radius 2 is 1.91 bits per heavy atom. The van der Waals surface area contributed by atoms with E-state index in [-0.39, 0.29) is 23.2 Å². The predicted molar refractivity (Wildman–Crippen MR) is 125 cm³/mol. The van der Waals surface area contributed by atoms with Gasteiger partial charge < -0.3 is 24.7 Å². The predicted octanol–water partition coefficient (Wildman–Crippen LogP) is 3.48. The molecule has 2 N–H and O–H groups in total. The first-order chi connectivity index (χ1) is 15.8. The van der Waals surface area contributed by atoms with Crippen LogP contribution < -0.4 is 4.74 Å². The number of benzene rings is 2. The number of nitrogens with zero attached hydrogens (tertiary/aromatic N) is 2. The van der Waals surface area contributed by atoms with Crippen LogP contribution in [0.3, 0.4) is 0 Å². The van der Waals surface area contributed by atoms with E-state index >= 15 is 0 Å². The molecule has 0 radical (unpaired) electrons. The maximum Gasteiger partial charge on any atom is 0.295 e. The quantitative estimate of drug-likeness (QED) is 0.381. The molecule has 2 heterocycles. The monoisotopic (exact) mass is 450 g/mol. The fourth-order valence-electron chi connectivity index (χ4n) is 4.67. The molecule has 1 fully saturated rings. The van der Waals surface area contributed by atoms with Gasteiger partial charge in [-0.05, 0) is 61.5 Å². The molecule has 7 nitrogen and oxygen atoms in total. The number of amides is 1. The number of aliphatic hydroxyl groups is 1. The summed E-state index contributed by atoms with van der Waals surface area (Å²) in [5, 5.41) is 21.3. The number of hydrogen-bond donors (Lipinski definition) is 2. The van der Waals surface area contributed by atoms with E-state index in [1.165, 1.54) is 17.0 Å². The van der Waals surface area contributed by atoms with Crippen LogP contribution in [0.4, 0.5) is 0 Å². The fraction of sp³-hybridized carbons (Fsp3) is 0.385. The number of carbonyl (C=O) groups excluding carboxylic acids is 2. The highest BCUT2D eigenvalue weighted by Crippen LogP contribution is 2.41. The van der Waals surface area contributed by atoms with Crippen LogP contribution in [-0.2, 0) is 16.0 Å². The third kappa shape index (κ3) is 4.33. The number of Topliss-reactive ketones (excluding diaryl/α,β-unsaturated/α-hetero) is 1. The second-order valence-electron chi connectivity index (χ2n) is 8.57. The smallest absolute Gasteiger partial charge is 0.295 e. The van der Waals surface area contributed by atoms with Gasteiger partial charge in [0.1, 0.15) is 23.4 Å². The standard InChI is InChI=1S/C26H30N2O5/c1-4-27(5-2)11-12-28-23(17-7-6-8-20(29)15-17)22(25(31)26(28)32)24(30)18-9-10-21-19(14-18)13-16(3)33-21/h6-10,14-16,23,29-30H,4-5,11-13H2,1-3H3/b24-22+/t16-,23+/m0/s1. The van der Waals surface area contributed by atoms with E-state index in [1.807, 2.05) is 26.8 Å². The summed E-state index contributed by atoms with van der Waals surface area (Å²) in [5.41, 5.74) is 2.04. The number of rotatable bonds is 7. The Morgan fingerprint density at radius 1 is 1.15 bits per heavy atom. The molecule has 7 heteroatoms. The average Bonchev–Trinajstić information content (AvgIpc) is 3.30. The zero-order valence-corrected chi connectivity index (χ0v) is 19.2. The molecule has 1 saturated heterocycles. The minimum Gasteiger partial charge on any atom is -0.508 e. The molecule has 174 valence electrons. The SMILES string of the molecule is CCN(CC)CCN1C(=O)C(=O)/C(=C(/O)c2ccc3c(c2)C[C@H](C)O3)[C@H]1c1cccc(O)c1. The van der Waals surface area contributed by atoms with Crippen molar-refractivity contribution in [2.24, 2.45) is 0 Å². The number of likely N-dealkylation sites (tertiary alicyclic amines) is 1. The van der Waals surface area contributed by atoms with E-state index in [0.29, 0.717) is 30.6 Å². The van der Waals surface area contributed by atoms with Gasteiger partial charge in [0, 0.05) is 25.1 Å². The van der Waals surface area contributed by atoms with Crippen LogP contribution in [0, 0.1) is 0 Å². The highest BCUT2D eigenvalue weighted by Gasteiger charge is 2.46. The third-order valence-corrected chi connectivity index (χ3v) is 6.45. The number of ether oxygens (including phenoxy) is 1. The maximum atomic E-state index is 13.2. The van der Waals surface area contributed by atoms with E-state index in [4.69, 9.17) is 4.74 Å². The summed E-state index contributed by atoms with van der Waals surface area (Å²) in [5.74, 6) is -0.774. The van der Waals surface area contributed by atoms with Gasteiger partial charge in [-0.2, -0.15) is 0 Å². The lowest BCUT2D eigenvalue weighted by molar-refractivity contribution is -0.140. The molecule has 4 rings (SSSR count).